The normalized spacial score (nSPS) is 12.5. The first-order valence-corrected chi connectivity index (χ1v) is 12.5. The van der Waals surface area contributed by atoms with Gasteiger partial charge in [0, 0.05) is 39.9 Å². The van der Waals surface area contributed by atoms with E-state index in [1.807, 2.05) is 36.4 Å². The SMILES string of the molecule is CCCCc1cccc(-c2c3c(cc4cc(F)cc(Nc5ccc(CC(C)=O)cc5)c24)C(=N)NC3=N)c1. The van der Waals surface area contributed by atoms with Crippen LogP contribution in [-0.2, 0) is 17.6 Å². The zero-order valence-electron chi connectivity index (χ0n) is 21.0. The quantitative estimate of drug-likeness (QED) is 0.211. The second-order valence-electron chi connectivity index (χ2n) is 9.61. The third-order valence-electron chi connectivity index (χ3n) is 6.69. The second kappa shape index (κ2) is 9.97. The van der Waals surface area contributed by atoms with Gasteiger partial charge in [-0.25, -0.2) is 4.39 Å². The van der Waals surface area contributed by atoms with Gasteiger partial charge in [-0.05, 0) is 72.2 Å². The molecule has 4 aromatic rings. The van der Waals surface area contributed by atoms with Gasteiger partial charge in [-0.15, -0.1) is 0 Å². The van der Waals surface area contributed by atoms with Gasteiger partial charge >= 0.3 is 0 Å². The monoisotopic (exact) mass is 492 g/mol. The molecule has 5 rings (SSSR count). The molecule has 1 aliphatic rings. The summed E-state index contributed by atoms with van der Waals surface area (Å²) in [6.07, 6.45) is 3.50. The summed E-state index contributed by atoms with van der Waals surface area (Å²) in [5.41, 5.74) is 6.45. The van der Waals surface area contributed by atoms with E-state index in [9.17, 15) is 9.18 Å². The average molecular weight is 493 g/mol. The Bertz CT molecular complexity index is 1560. The number of aryl methyl sites for hydroxylation is 1. The van der Waals surface area contributed by atoms with Crippen LogP contribution in [0, 0.1) is 16.6 Å². The van der Waals surface area contributed by atoms with Crippen molar-refractivity contribution in [2.75, 3.05) is 5.32 Å². The van der Waals surface area contributed by atoms with Crippen molar-refractivity contribution in [1.29, 1.82) is 10.8 Å². The van der Waals surface area contributed by atoms with Gasteiger partial charge in [0.05, 0.1) is 0 Å². The third kappa shape index (κ3) is 4.87. The van der Waals surface area contributed by atoms with E-state index in [2.05, 4.69) is 29.7 Å². The molecule has 5 nitrogen and oxygen atoms in total. The number of nitrogens with one attached hydrogen (secondary N) is 4. The molecule has 0 unspecified atom stereocenters. The number of benzene rings is 4. The molecule has 6 heteroatoms. The van der Waals surface area contributed by atoms with E-state index in [1.54, 1.807) is 13.0 Å². The number of amidine groups is 2. The van der Waals surface area contributed by atoms with Crippen molar-refractivity contribution in [2.45, 2.75) is 39.5 Å². The number of ketones is 1. The Balaban J connectivity index is 1.72. The van der Waals surface area contributed by atoms with Gasteiger partial charge in [-0.3, -0.25) is 15.6 Å². The molecule has 0 aromatic heterocycles. The zero-order chi connectivity index (χ0) is 26.1. The molecule has 4 aromatic carbocycles. The zero-order valence-corrected chi connectivity index (χ0v) is 21.0. The molecule has 0 saturated heterocycles. The molecule has 37 heavy (non-hydrogen) atoms. The summed E-state index contributed by atoms with van der Waals surface area (Å²) in [4.78, 5) is 11.5. The van der Waals surface area contributed by atoms with Crippen LogP contribution in [0.25, 0.3) is 21.9 Å². The maximum Gasteiger partial charge on any atom is 0.134 e. The minimum Gasteiger partial charge on any atom is -0.355 e. The van der Waals surface area contributed by atoms with Crippen molar-refractivity contribution >= 4 is 39.6 Å². The van der Waals surface area contributed by atoms with Crippen LogP contribution < -0.4 is 10.6 Å². The van der Waals surface area contributed by atoms with Crippen molar-refractivity contribution in [3.8, 4) is 11.1 Å². The molecule has 0 amide bonds. The highest BCUT2D eigenvalue weighted by Crippen LogP contribution is 2.42. The highest BCUT2D eigenvalue weighted by Gasteiger charge is 2.28. The molecular formula is C31H29FN4O. The summed E-state index contributed by atoms with van der Waals surface area (Å²) >= 11 is 0. The highest BCUT2D eigenvalue weighted by molar-refractivity contribution is 6.29. The lowest BCUT2D eigenvalue weighted by Gasteiger charge is -2.18. The van der Waals surface area contributed by atoms with Gasteiger partial charge in [0.2, 0.25) is 0 Å². The van der Waals surface area contributed by atoms with Gasteiger partial charge in [0.25, 0.3) is 0 Å². The summed E-state index contributed by atoms with van der Waals surface area (Å²) in [5.74, 6) is 0.0151. The van der Waals surface area contributed by atoms with Crippen LogP contribution in [0.1, 0.15) is 48.9 Å². The highest BCUT2D eigenvalue weighted by atomic mass is 19.1. The van der Waals surface area contributed by atoms with E-state index in [-0.39, 0.29) is 17.5 Å². The Hall–Kier alpha value is -4.32. The average Bonchev–Trinajstić information content (AvgIpc) is 3.15. The maximum absolute atomic E-state index is 14.9. The van der Waals surface area contributed by atoms with Crippen molar-refractivity contribution in [2.24, 2.45) is 0 Å². The molecule has 0 fully saturated rings. The Morgan fingerprint density at radius 2 is 1.73 bits per heavy atom. The molecule has 0 saturated carbocycles. The molecule has 0 radical (unpaired) electrons. The second-order valence-corrected chi connectivity index (χ2v) is 9.61. The molecule has 0 aliphatic carbocycles. The third-order valence-corrected chi connectivity index (χ3v) is 6.69. The van der Waals surface area contributed by atoms with Crippen LogP contribution in [-0.4, -0.2) is 17.5 Å². The molecular weight excluding hydrogens is 463 g/mol. The number of Topliss-reactive ketones (excluding diaryl/α,β-unsaturated/α-hetero) is 1. The number of halogens is 1. The number of anilines is 2. The number of fused-ring (bicyclic) bond motifs is 2. The van der Waals surface area contributed by atoms with Crippen LogP contribution in [0.3, 0.4) is 0 Å². The van der Waals surface area contributed by atoms with E-state index >= 15 is 0 Å². The summed E-state index contributed by atoms with van der Waals surface area (Å²) in [5, 5.41) is 24.7. The van der Waals surface area contributed by atoms with E-state index in [1.165, 1.54) is 17.7 Å². The number of hydrogen-bond acceptors (Lipinski definition) is 4. The molecule has 0 bridgehead atoms. The lowest BCUT2D eigenvalue weighted by atomic mass is 9.88. The predicted molar refractivity (Wildman–Crippen MR) is 149 cm³/mol. The van der Waals surface area contributed by atoms with E-state index < -0.39 is 5.82 Å². The minimum absolute atomic E-state index is 0.0955. The summed E-state index contributed by atoms with van der Waals surface area (Å²) in [6.45, 7) is 3.73. The molecule has 1 aliphatic heterocycles. The van der Waals surface area contributed by atoms with Crippen molar-refractivity contribution in [3.63, 3.8) is 0 Å². The van der Waals surface area contributed by atoms with Gasteiger partial charge in [0.15, 0.2) is 0 Å². The Morgan fingerprint density at radius 1 is 0.946 bits per heavy atom. The van der Waals surface area contributed by atoms with Crippen LogP contribution in [0.4, 0.5) is 15.8 Å². The Kier molecular flexibility index (Phi) is 6.57. The first-order chi connectivity index (χ1) is 17.8. The summed E-state index contributed by atoms with van der Waals surface area (Å²) in [6, 6.07) is 20.6. The number of carbonyl (C=O) groups is 1. The molecule has 0 atom stereocenters. The minimum atomic E-state index is -0.390. The van der Waals surface area contributed by atoms with Crippen LogP contribution in [0.5, 0.6) is 0 Å². The largest absolute Gasteiger partial charge is 0.355 e. The first kappa shape index (κ1) is 24.4. The number of carbonyl (C=O) groups excluding carboxylic acids is 1. The van der Waals surface area contributed by atoms with Gasteiger partial charge < -0.3 is 10.6 Å². The van der Waals surface area contributed by atoms with Gasteiger partial charge in [0.1, 0.15) is 23.3 Å². The lowest BCUT2D eigenvalue weighted by molar-refractivity contribution is -0.116. The fourth-order valence-electron chi connectivity index (χ4n) is 5.02. The van der Waals surface area contributed by atoms with Crippen LogP contribution in [0.2, 0.25) is 0 Å². The summed E-state index contributed by atoms with van der Waals surface area (Å²) < 4.78 is 14.9. The lowest BCUT2D eigenvalue weighted by Crippen LogP contribution is -2.20. The van der Waals surface area contributed by atoms with Crippen LogP contribution >= 0.6 is 0 Å². The van der Waals surface area contributed by atoms with Crippen molar-refractivity contribution in [1.82, 2.24) is 5.32 Å². The summed E-state index contributed by atoms with van der Waals surface area (Å²) in [7, 11) is 0. The molecule has 1 heterocycles. The van der Waals surface area contributed by atoms with Crippen molar-refractivity contribution < 1.29 is 9.18 Å². The molecule has 4 N–H and O–H groups in total. The topological polar surface area (TPSA) is 88.8 Å². The molecule has 186 valence electrons. The number of rotatable bonds is 8. The Morgan fingerprint density at radius 3 is 2.46 bits per heavy atom. The van der Waals surface area contributed by atoms with Gasteiger partial charge in [-0.1, -0.05) is 49.7 Å². The maximum atomic E-state index is 14.9. The van der Waals surface area contributed by atoms with E-state index in [4.69, 9.17) is 10.8 Å². The smallest absolute Gasteiger partial charge is 0.134 e. The fourth-order valence-corrected chi connectivity index (χ4v) is 5.02. The predicted octanol–water partition coefficient (Wildman–Crippen LogP) is 7.12. The number of unbranched alkanes of at least 4 members (excludes halogenated alkanes) is 1. The van der Waals surface area contributed by atoms with Crippen LogP contribution in [0.15, 0.2) is 66.7 Å². The number of hydrogen-bond donors (Lipinski definition) is 4. The van der Waals surface area contributed by atoms with Crippen molar-refractivity contribution in [3.05, 3.63) is 94.8 Å². The fraction of sp³-hybridized carbons (Fsp3) is 0.194. The van der Waals surface area contributed by atoms with E-state index in [0.717, 1.165) is 47.0 Å². The Labute approximate surface area is 215 Å². The van der Waals surface area contributed by atoms with Gasteiger partial charge in [-0.2, -0.15) is 0 Å². The van der Waals surface area contributed by atoms with E-state index in [0.29, 0.717) is 28.6 Å². The standard InChI is InChI=1S/C31H29FN4O/c1-3-4-6-19-7-5-8-21(14-19)28-27-22(16-25-29(28)31(34)36-30(25)33)15-23(32)17-26(27)35-24-11-9-20(10-12-24)13-18(2)37/h5,7-12,14-17,35H,3-4,6,13H2,1-2H3,(H3,33,34,36). The molecule has 0 spiro atoms. The first-order valence-electron chi connectivity index (χ1n) is 12.5.